The van der Waals surface area contributed by atoms with Crippen molar-refractivity contribution in [1.29, 1.82) is 0 Å². The molecule has 24 heavy (non-hydrogen) atoms. The molecule has 0 bridgehead atoms. The van der Waals surface area contributed by atoms with Gasteiger partial charge in [-0.05, 0) is 24.3 Å². The van der Waals surface area contributed by atoms with Crippen LogP contribution >= 0.6 is 11.6 Å². The maximum absolute atomic E-state index is 12.1. The second kappa shape index (κ2) is 8.69. The van der Waals surface area contributed by atoms with Crippen molar-refractivity contribution >= 4 is 34.9 Å². The molecular formula is C17H17ClN4O2. The molecule has 0 spiro atoms. The summed E-state index contributed by atoms with van der Waals surface area (Å²) in [6, 6.07) is 10.2. The average Bonchev–Trinajstić information content (AvgIpc) is 2.60. The van der Waals surface area contributed by atoms with Gasteiger partial charge in [0.2, 0.25) is 5.91 Å². The number of carbonyl (C=O) groups is 2. The molecule has 7 heteroatoms. The second-order valence-electron chi connectivity index (χ2n) is 4.81. The molecule has 124 valence electrons. The van der Waals surface area contributed by atoms with Crippen LogP contribution in [0.5, 0.6) is 0 Å². The molecule has 0 unspecified atom stereocenters. The SMILES string of the molecule is C=CCNC(=O)c1ccccc1NCC(=O)Nc1ccc(Cl)cn1. The third-order valence-corrected chi connectivity index (χ3v) is 3.24. The zero-order chi connectivity index (χ0) is 17.4. The van der Waals surface area contributed by atoms with Crippen molar-refractivity contribution in [2.45, 2.75) is 0 Å². The lowest BCUT2D eigenvalue weighted by molar-refractivity contribution is -0.114. The van der Waals surface area contributed by atoms with Crippen LogP contribution in [0.2, 0.25) is 5.02 Å². The first kappa shape index (κ1) is 17.5. The molecule has 0 aliphatic heterocycles. The van der Waals surface area contributed by atoms with E-state index in [2.05, 4.69) is 27.5 Å². The van der Waals surface area contributed by atoms with E-state index in [-0.39, 0.29) is 18.4 Å². The summed E-state index contributed by atoms with van der Waals surface area (Å²) in [6.45, 7) is 3.92. The number of carbonyl (C=O) groups excluding carboxylic acids is 2. The number of rotatable bonds is 7. The Morgan fingerprint density at radius 2 is 2.00 bits per heavy atom. The molecule has 2 amide bonds. The molecule has 0 saturated heterocycles. The summed E-state index contributed by atoms with van der Waals surface area (Å²) in [4.78, 5) is 28.0. The average molecular weight is 345 g/mol. The first-order valence-electron chi connectivity index (χ1n) is 7.23. The van der Waals surface area contributed by atoms with E-state index >= 15 is 0 Å². The topological polar surface area (TPSA) is 83.1 Å². The van der Waals surface area contributed by atoms with Gasteiger partial charge in [0.25, 0.3) is 5.91 Å². The summed E-state index contributed by atoms with van der Waals surface area (Å²) in [7, 11) is 0. The molecule has 3 N–H and O–H groups in total. The van der Waals surface area contributed by atoms with Gasteiger partial charge in [0.15, 0.2) is 0 Å². The summed E-state index contributed by atoms with van der Waals surface area (Å²) in [6.07, 6.45) is 3.05. The minimum atomic E-state index is -0.286. The van der Waals surface area contributed by atoms with E-state index in [0.717, 1.165) is 0 Å². The first-order valence-corrected chi connectivity index (χ1v) is 7.61. The predicted octanol–water partition coefficient (Wildman–Crippen LogP) is 2.70. The summed E-state index contributed by atoms with van der Waals surface area (Å²) in [5.74, 6) is -0.118. The van der Waals surface area contributed by atoms with E-state index < -0.39 is 0 Å². The van der Waals surface area contributed by atoms with Crippen molar-refractivity contribution < 1.29 is 9.59 Å². The van der Waals surface area contributed by atoms with Crippen molar-refractivity contribution in [3.63, 3.8) is 0 Å². The van der Waals surface area contributed by atoms with Gasteiger partial charge < -0.3 is 16.0 Å². The monoisotopic (exact) mass is 344 g/mol. The van der Waals surface area contributed by atoms with E-state index in [1.807, 2.05) is 0 Å². The van der Waals surface area contributed by atoms with Gasteiger partial charge in [0.05, 0.1) is 17.1 Å². The molecule has 0 saturated carbocycles. The smallest absolute Gasteiger partial charge is 0.253 e. The summed E-state index contributed by atoms with van der Waals surface area (Å²) in [5, 5.41) is 8.78. The quantitative estimate of drug-likeness (QED) is 0.674. The lowest BCUT2D eigenvalue weighted by atomic mass is 10.1. The normalized spacial score (nSPS) is 9.88. The van der Waals surface area contributed by atoms with Gasteiger partial charge in [-0.1, -0.05) is 29.8 Å². The standard InChI is InChI=1S/C17H17ClN4O2/c1-2-9-19-17(24)13-5-3-4-6-14(13)20-11-16(23)22-15-8-7-12(18)10-21-15/h2-8,10,20H,1,9,11H2,(H,19,24)(H,21,22,23). The molecule has 0 fully saturated rings. The van der Waals surface area contributed by atoms with Crippen molar-refractivity contribution in [1.82, 2.24) is 10.3 Å². The summed E-state index contributed by atoms with van der Waals surface area (Å²) in [5.41, 5.74) is 1.02. The van der Waals surface area contributed by atoms with Crippen molar-refractivity contribution in [2.75, 3.05) is 23.7 Å². The molecule has 2 aromatic rings. The van der Waals surface area contributed by atoms with Crippen molar-refractivity contribution in [3.8, 4) is 0 Å². The van der Waals surface area contributed by atoms with Crippen LogP contribution in [-0.4, -0.2) is 29.9 Å². The third kappa shape index (κ3) is 5.10. The molecule has 1 aromatic heterocycles. The number of para-hydroxylation sites is 1. The Balaban J connectivity index is 1.96. The molecular weight excluding hydrogens is 328 g/mol. The Bertz CT molecular complexity index is 732. The van der Waals surface area contributed by atoms with E-state index in [0.29, 0.717) is 28.6 Å². The van der Waals surface area contributed by atoms with Crippen LogP contribution < -0.4 is 16.0 Å². The van der Waals surface area contributed by atoms with Crippen molar-refractivity contribution in [2.24, 2.45) is 0 Å². The van der Waals surface area contributed by atoms with Gasteiger partial charge in [0.1, 0.15) is 5.82 Å². The highest BCUT2D eigenvalue weighted by molar-refractivity contribution is 6.30. The zero-order valence-electron chi connectivity index (χ0n) is 12.9. The Morgan fingerprint density at radius 3 is 2.71 bits per heavy atom. The van der Waals surface area contributed by atoms with E-state index in [9.17, 15) is 9.59 Å². The molecule has 0 radical (unpaired) electrons. The van der Waals surface area contributed by atoms with Crippen LogP contribution in [0.3, 0.4) is 0 Å². The Morgan fingerprint density at radius 1 is 1.21 bits per heavy atom. The van der Waals surface area contributed by atoms with Crippen LogP contribution in [0.25, 0.3) is 0 Å². The number of anilines is 2. The van der Waals surface area contributed by atoms with Gasteiger partial charge in [-0.15, -0.1) is 6.58 Å². The van der Waals surface area contributed by atoms with Crippen LogP contribution in [0.15, 0.2) is 55.3 Å². The fraction of sp³-hybridized carbons (Fsp3) is 0.118. The van der Waals surface area contributed by atoms with Gasteiger partial charge in [-0.3, -0.25) is 9.59 Å². The number of halogens is 1. The second-order valence-corrected chi connectivity index (χ2v) is 5.24. The van der Waals surface area contributed by atoms with Gasteiger partial charge in [0, 0.05) is 18.4 Å². The fourth-order valence-electron chi connectivity index (χ4n) is 1.91. The van der Waals surface area contributed by atoms with Crippen LogP contribution in [-0.2, 0) is 4.79 Å². The zero-order valence-corrected chi connectivity index (χ0v) is 13.6. The minimum absolute atomic E-state index is 0.00391. The predicted molar refractivity (Wildman–Crippen MR) is 95.3 cm³/mol. The fourth-order valence-corrected chi connectivity index (χ4v) is 2.02. The number of pyridine rings is 1. The molecule has 0 atom stereocenters. The van der Waals surface area contributed by atoms with Gasteiger partial charge >= 0.3 is 0 Å². The minimum Gasteiger partial charge on any atom is -0.375 e. The highest BCUT2D eigenvalue weighted by Crippen LogP contribution is 2.15. The number of nitrogens with one attached hydrogen (secondary N) is 3. The van der Waals surface area contributed by atoms with Gasteiger partial charge in [-0.2, -0.15) is 0 Å². The Kier molecular flexibility index (Phi) is 6.33. The maximum atomic E-state index is 12.1. The Labute approximate surface area is 144 Å². The lowest BCUT2D eigenvalue weighted by Crippen LogP contribution is -2.26. The van der Waals surface area contributed by atoms with Crippen molar-refractivity contribution in [3.05, 3.63) is 65.8 Å². The maximum Gasteiger partial charge on any atom is 0.253 e. The number of nitrogens with zero attached hydrogens (tertiary/aromatic N) is 1. The van der Waals surface area contributed by atoms with Crippen LogP contribution in [0, 0.1) is 0 Å². The van der Waals surface area contributed by atoms with Gasteiger partial charge in [-0.25, -0.2) is 4.98 Å². The van der Waals surface area contributed by atoms with Crippen LogP contribution in [0.1, 0.15) is 10.4 Å². The molecule has 2 rings (SSSR count). The highest BCUT2D eigenvalue weighted by Gasteiger charge is 2.11. The lowest BCUT2D eigenvalue weighted by Gasteiger charge is -2.11. The number of amides is 2. The summed E-state index contributed by atoms with van der Waals surface area (Å²) >= 11 is 5.74. The number of hydrogen-bond donors (Lipinski definition) is 3. The molecule has 0 aliphatic carbocycles. The molecule has 6 nitrogen and oxygen atoms in total. The van der Waals surface area contributed by atoms with E-state index in [1.54, 1.807) is 42.5 Å². The largest absolute Gasteiger partial charge is 0.375 e. The molecule has 0 aliphatic rings. The Hall–Kier alpha value is -2.86. The molecule has 1 heterocycles. The number of benzene rings is 1. The van der Waals surface area contributed by atoms with E-state index in [1.165, 1.54) is 6.20 Å². The van der Waals surface area contributed by atoms with E-state index in [4.69, 9.17) is 11.6 Å². The third-order valence-electron chi connectivity index (χ3n) is 3.01. The number of hydrogen-bond acceptors (Lipinski definition) is 4. The number of aromatic nitrogens is 1. The van der Waals surface area contributed by atoms with Crippen LogP contribution in [0.4, 0.5) is 11.5 Å². The molecule has 1 aromatic carbocycles. The first-order chi connectivity index (χ1) is 11.6. The summed E-state index contributed by atoms with van der Waals surface area (Å²) < 4.78 is 0. The highest BCUT2D eigenvalue weighted by atomic mass is 35.5.